The summed E-state index contributed by atoms with van der Waals surface area (Å²) in [4.78, 5) is 15.9. The first-order valence-electron chi connectivity index (χ1n) is 8.30. The van der Waals surface area contributed by atoms with Crippen LogP contribution in [0.5, 0.6) is 0 Å². The summed E-state index contributed by atoms with van der Waals surface area (Å²) in [5.74, 6) is 0.0865. The van der Waals surface area contributed by atoms with Crippen LogP contribution in [0, 0.1) is 0 Å². The van der Waals surface area contributed by atoms with Crippen LogP contribution in [-0.4, -0.2) is 26.7 Å². The summed E-state index contributed by atoms with van der Waals surface area (Å²) in [6, 6.07) is 14.9. The van der Waals surface area contributed by atoms with Gasteiger partial charge in [0.05, 0.1) is 0 Å². The molecule has 0 aliphatic heterocycles. The number of hydrogen-bond acceptors (Lipinski definition) is 3. The van der Waals surface area contributed by atoms with Gasteiger partial charge in [0.2, 0.25) is 5.91 Å². The van der Waals surface area contributed by atoms with E-state index in [2.05, 4.69) is 45.7 Å². The highest BCUT2D eigenvalue weighted by Crippen LogP contribution is 2.16. The molecule has 0 radical (unpaired) electrons. The van der Waals surface area contributed by atoms with E-state index in [1.807, 2.05) is 19.1 Å². The second kappa shape index (κ2) is 7.73. The molecule has 1 unspecified atom stereocenters. The zero-order valence-corrected chi connectivity index (χ0v) is 13.9. The van der Waals surface area contributed by atoms with E-state index < -0.39 is 0 Å². The Bertz CT molecular complexity index is 798. The summed E-state index contributed by atoms with van der Waals surface area (Å²) in [6.07, 6.45) is 5.27. The first-order valence-corrected chi connectivity index (χ1v) is 8.30. The van der Waals surface area contributed by atoms with Crippen molar-refractivity contribution < 1.29 is 4.79 Å². The molecule has 1 atom stereocenters. The lowest BCUT2D eigenvalue weighted by Gasteiger charge is -2.14. The Kier molecular flexibility index (Phi) is 5.21. The third-order valence-electron chi connectivity index (χ3n) is 4.02. The highest BCUT2D eigenvalue weighted by Gasteiger charge is 2.08. The van der Waals surface area contributed by atoms with Crippen molar-refractivity contribution in [2.75, 3.05) is 0 Å². The maximum Gasteiger partial charge on any atom is 0.220 e. The molecule has 1 aromatic heterocycles. The third kappa shape index (κ3) is 4.41. The molecule has 3 aromatic rings. The Morgan fingerprint density at radius 1 is 1.21 bits per heavy atom. The number of nitrogens with one attached hydrogen (secondary N) is 1. The van der Waals surface area contributed by atoms with Crippen LogP contribution in [0.4, 0.5) is 0 Å². The van der Waals surface area contributed by atoms with Gasteiger partial charge in [0.25, 0.3) is 0 Å². The second-order valence-electron chi connectivity index (χ2n) is 6.12. The van der Waals surface area contributed by atoms with Gasteiger partial charge in [0.15, 0.2) is 0 Å². The molecule has 1 amide bonds. The topological polar surface area (TPSA) is 59.8 Å². The van der Waals surface area contributed by atoms with E-state index in [9.17, 15) is 4.79 Å². The van der Waals surface area contributed by atoms with Crippen molar-refractivity contribution in [3.8, 4) is 0 Å². The predicted octanol–water partition coefficient (Wildman–Crippen LogP) is 2.96. The van der Waals surface area contributed by atoms with Crippen molar-refractivity contribution in [1.29, 1.82) is 0 Å². The normalized spacial score (nSPS) is 12.2. The number of benzene rings is 2. The Labute approximate surface area is 141 Å². The molecule has 0 spiro atoms. The van der Waals surface area contributed by atoms with Crippen LogP contribution in [0.1, 0.15) is 25.3 Å². The van der Waals surface area contributed by atoms with Gasteiger partial charge in [-0.2, -0.15) is 5.10 Å². The minimum Gasteiger partial charge on any atom is -0.353 e. The van der Waals surface area contributed by atoms with Crippen molar-refractivity contribution in [3.63, 3.8) is 0 Å². The molecule has 2 aromatic carbocycles. The number of aryl methyl sites for hydroxylation is 1. The lowest BCUT2D eigenvalue weighted by molar-refractivity contribution is -0.121. The minimum absolute atomic E-state index is 0.0865. The van der Waals surface area contributed by atoms with Gasteiger partial charge in [-0.05, 0) is 36.1 Å². The third-order valence-corrected chi connectivity index (χ3v) is 4.02. The molecule has 0 fully saturated rings. The average molecular weight is 322 g/mol. The summed E-state index contributed by atoms with van der Waals surface area (Å²) in [5, 5.41) is 9.58. The Morgan fingerprint density at radius 3 is 2.83 bits per heavy atom. The number of nitrogens with zero attached hydrogens (tertiary/aromatic N) is 3. The molecule has 1 N–H and O–H groups in total. The van der Waals surface area contributed by atoms with E-state index in [1.165, 1.54) is 22.7 Å². The van der Waals surface area contributed by atoms with Crippen LogP contribution in [0.25, 0.3) is 10.8 Å². The molecule has 3 rings (SSSR count). The van der Waals surface area contributed by atoms with E-state index in [4.69, 9.17) is 0 Å². The summed E-state index contributed by atoms with van der Waals surface area (Å²) in [5.41, 5.74) is 1.24. The molecule has 0 aliphatic carbocycles. The average Bonchev–Trinajstić information content (AvgIpc) is 3.08. The molecule has 5 nitrogen and oxygen atoms in total. The number of rotatable bonds is 7. The molecule has 0 saturated heterocycles. The second-order valence-corrected chi connectivity index (χ2v) is 6.12. The van der Waals surface area contributed by atoms with Gasteiger partial charge in [-0.1, -0.05) is 42.5 Å². The molecule has 5 heteroatoms. The molecule has 0 bridgehead atoms. The Hall–Kier alpha value is -2.69. The van der Waals surface area contributed by atoms with Gasteiger partial charge in [-0.15, -0.1) is 0 Å². The van der Waals surface area contributed by atoms with Crippen LogP contribution >= 0.6 is 0 Å². The van der Waals surface area contributed by atoms with Crippen LogP contribution in [0.2, 0.25) is 0 Å². The lowest BCUT2D eigenvalue weighted by Crippen LogP contribution is -2.34. The Morgan fingerprint density at radius 2 is 2.04 bits per heavy atom. The van der Waals surface area contributed by atoms with Crippen molar-refractivity contribution in [2.45, 2.75) is 38.8 Å². The number of hydrogen-bond donors (Lipinski definition) is 1. The maximum atomic E-state index is 12.0. The maximum absolute atomic E-state index is 12.0. The van der Waals surface area contributed by atoms with Crippen LogP contribution in [0.15, 0.2) is 55.1 Å². The summed E-state index contributed by atoms with van der Waals surface area (Å²) in [6.45, 7) is 2.76. The number of aromatic nitrogens is 3. The van der Waals surface area contributed by atoms with Gasteiger partial charge in [-0.3, -0.25) is 9.48 Å². The number of carbonyl (C=O) groups excluding carboxylic acids is 1. The molecule has 124 valence electrons. The monoisotopic (exact) mass is 322 g/mol. The number of amides is 1. The summed E-state index contributed by atoms with van der Waals surface area (Å²) < 4.78 is 1.74. The van der Waals surface area contributed by atoms with Gasteiger partial charge in [-0.25, -0.2) is 4.98 Å². The van der Waals surface area contributed by atoms with Crippen LogP contribution in [-0.2, 0) is 17.8 Å². The molecule has 24 heavy (non-hydrogen) atoms. The molecule has 1 heterocycles. The SMILES string of the molecule is CC(Cc1ccc2ccccc2c1)NC(=O)CCCn1cncn1. The first kappa shape index (κ1) is 16.2. The first-order chi connectivity index (χ1) is 11.7. The van der Waals surface area contributed by atoms with Crippen molar-refractivity contribution in [1.82, 2.24) is 20.1 Å². The van der Waals surface area contributed by atoms with Gasteiger partial charge < -0.3 is 5.32 Å². The molecule has 0 saturated carbocycles. The lowest BCUT2D eigenvalue weighted by atomic mass is 10.0. The number of carbonyl (C=O) groups is 1. The van der Waals surface area contributed by atoms with Crippen molar-refractivity contribution >= 4 is 16.7 Å². The Balaban J connectivity index is 1.47. The van der Waals surface area contributed by atoms with Crippen LogP contribution in [0.3, 0.4) is 0 Å². The smallest absolute Gasteiger partial charge is 0.220 e. The van der Waals surface area contributed by atoms with Crippen molar-refractivity contribution in [2.24, 2.45) is 0 Å². The standard InChI is InChI=1S/C19H22N4O/c1-15(22-19(24)7-4-10-23-14-20-13-21-23)11-16-8-9-17-5-2-3-6-18(17)12-16/h2-3,5-6,8-9,12-15H,4,7,10-11H2,1H3,(H,22,24). The van der Waals surface area contributed by atoms with Crippen LogP contribution < -0.4 is 5.32 Å². The highest BCUT2D eigenvalue weighted by atomic mass is 16.1. The summed E-state index contributed by atoms with van der Waals surface area (Å²) >= 11 is 0. The fourth-order valence-electron chi connectivity index (χ4n) is 2.87. The predicted molar refractivity (Wildman–Crippen MR) is 94.5 cm³/mol. The number of fused-ring (bicyclic) bond motifs is 1. The van der Waals surface area contributed by atoms with Crippen molar-refractivity contribution in [3.05, 3.63) is 60.7 Å². The van der Waals surface area contributed by atoms with E-state index in [0.29, 0.717) is 13.0 Å². The minimum atomic E-state index is 0.0865. The van der Waals surface area contributed by atoms with E-state index >= 15 is 0 Å². The largest absolute Gasteiger partial charge is 0.353 e. The molecular formula is C19H22N4O. The quantitative estimate of drug-likeness (QED) is 0.727. The zero-order valence-electron chi connectivity index (χ0n) is 13.9. The highest BCUT2D eigenvalue weighted by molar-refractivity contribution is 5.83. The molecular weight excluding hydrogens is 300 g/mol. The fourth-order valence-corrected chi connectivity index (χ4v) is 2.87. The van der Waals surface area contributed by atoms with E-state index in [0.717, 1.165) is 12.8 Å². The van der Waals surface area contributed by atoms with E-state index in [-0.39, 0.29) is 11.9 Å². The zero-order chi connectivity index (χ0) is 16.8. The van der Waals surface area contributed by atoms with Gasteiger partial charge in [0.1, 0.15) is 12.7 Å². The fraction of sp³-hybridized carbons (Fsp3) is 0.316. The van der Waals surface area contributed by atoms with Gasteiger partial charge in [0, 0.05) is 19.0 Å². The molecule has 0 aliphatic rings. The van der Waals surface area contributed by atoms with Gasteiger partial charge >= 0.3 is 0 Å². The van der Waals surface area contributed by atoms with E-state index in [1.54, 1.807) is 11.0 Å². The summed E-state index contributed by atoms with van der Waals surface area (Å²) in [7, 11) is 0.